The molecule has 0 amide bonds. The molecule has 0 aliphatic heterocycles. The van der Waals surface area contributed by atoms with Crippen molar-refractivity contribution in [3.8, 4) is 11.8 Å². The van der Waals surface area contributed by atoms with E-state index in [0.29, 0.717) is 6.61 Å². The van der Waals surface area contributed by atoms with E-state index in [9.17, 15) is 0 Å². The molecule has 0 rings (SSSR count). The Hall–Kier alpha value is -1.00. The maximum absolute atomic E-state index is 5.75. The maximum Gasteiger partial charge on any atom is 0.156 e. The monoisotopic (exact) mass is 236 g/mol. The molecular formula is C15H24O2. The molecule has 2 nitrogen and oxygen atoms in total. The molecule has 0 saturated heterocycles. The van der Waals surface area contributed by atoms with Crippen molar-refractivity contribution in [3.63, 3.8) is 0 Å². The summed E-state index contributed by atoms with van der Waals surface area (Å²) in [6.07, 6.45) is 2.67. The molecule has 2 heteroatoms. The molecule has 0 aromatic heterocycles. The number of rotatable bonds is 8. The molecule has 0 aromatic rings. The van der Waals surface area contributed by atoms with Crippen molar-refractivity contribution in [2.24, 2.45) is 0 Å². The molecule has 0 fully saturated rings. The van der Waals surface area contributed by atoms with Gasteiger partial charge in [-0.3, -0.25) is 0 Å². The number of unbranched alkanes of at least 4 members (excludes halogenated alkanes) is 1. The SMILES string of the molecule is C=C=C(CCCC)[C@H](C#CC)OC(C)OCC. The van der Waals surface area contributed by atoms with Gasteiger partial charge in [0.25, 0.3) is 0 Å². The lowest BCUT2D eigenvalue weighted by Crippen LogP contribution is -2.22. The Kier molecular flexibility index (Phi) is 9.57. The minimum atomic E-state index is -0.254. The van der Waals surface area contributed by atoms with E-state index < -0.39 is 0 Å². The van der Waals surface area contributed by atoms with Gasteiger partial charge in [-0.25, -0.2) is 0 Å². The van der Waals surface area contributed by atoms with Crippen molar-refractivity contribution in [2.45, 2.75) is 59.4 Å². The van der Waals surface area contributed by atoms with Gasteiger partial charge in [-0.2, -0.15) is 0 Å². The van der Waals surface area contributed by atoms with Crippen molar-refractivity contribution >= 4 is 0 Å². The topological polar surface area (TPSA) is 18.5 Å². The second kappa shape index (κ2) is 10.2. The van der Waals surface area contributed by atoms with E-state index >= 15 is 0 Å². The predicted octanol–water partition coefficient (Wildman–Crippen LogP) is 3.68. The molecule has 0 saturated carbocycles. The van der Waals surface area contributed by atoms with E-state index in [1.807, 2.05) is 20.8 Å². The summed E-state index contributed by atoms with van der Waals surface area (Å²) in [7, 11) is 0. The van der Waals surface area contributed by atoms with Crippen LogP contribution in [0.4, 0.5) is 0 Å². The lowest BCUT2D eigenvalue weighted by atomic mass is 10.0. The van der Waals surface area contributed by atoms with Crippen molar-refractivity contribution < 1.29 is 9.47 Å². The lowest BCUT2D eigenvalue weighted by Gasteiger charge is -2.19. The van der Waals surface area contributed by atoms with Crippen LogP contribution in [0, 0.1) is 11.8 Å². The van der Waals surface area contributed by atoms with E-state index in [1.165, 1.54) is 0 Å². The Balaban J connectivity index is 4.57. The first kappa shape index (κ1) is 16.0. The van der Waals surface area contributed by atoms with Gasteiger partial charge in [-0.1, -0.05) is 25.8 Å². The molecule has 17 heavy (non-hydrogen) atoms. The maximum atomic E-state index is 5.75. The van der Waals surface area contributed by atoms with Gasteiger partial charge in [-0.05, 0) is 33.6 Å². The smallest absolute Gasteiger partial charge is 0.156 e. The minimum absolute atomic E-state index is 0.245. The van der Waals surface area contributed by atoms with Gasteiger partial charge in [0, 0.05) is 12.2 Å². The van der Waals surface area contributed by atoms with Crippen molar-refractivity contribution in [3.05, 3.63) is 17.9 Å². The molecule has 0 aromatic carbocycles. The van der Waals surface area contributed by atoms with Crippen LogP contribution in [0.2, 0.25) is 0 Å². The first-order valence-electron chi connectivity index (χ1n) is 6.27. The second-order valence-electron chi connectivity index (χ2n) is 3.74. The highest BCUT2D eigenvalue weighted by Crippen LogP contribution is 2.15. The highest BCUT2D eigenvalue weighted by Gasteiger charge is 2.15. The van der Waals surface area contributed by atoms with E-state index in [0.717, 1.165) is 24.8 Å². The van der Waals surface area contributed by atoms with Crippen LogP contribution in [0.25, 0.3) is 0 Å². The van der Waals surface area contributed by atoms with Crippen LogP contribution in [0.3, 0.4) is 0 Å². The van der Waals surface area contributed by atoms with Gasteiger partial charge >= 0.3 is 0 Å². The summed E-state index contributed by atoms with van der Waals surface area (Å²) in [5.74, 6) is 5.93. The standard InChI is InChI=1S/C15H24O2/c1-6-10-12-14(8-3)15(11-7-2)17-13(5)16-9-4/h13,15H,3,6,9-10,12H2,1-2,4-5H3/t13?,15-/m0/s1. The fourth-order valence-electron chi connectivity index (χ4n) is 1.48. The summed E-state index contributed by atoms with van der Waals surface area (Å²) in [6.45, 7) is 12.1. The Morgan fingerprint density at radius 2 is 2.06 bits per heavy atom. The molecule has 96 valence electrons. The molecular weight excluding hydrogens is 212 g/mol. The Morgan fingerprint density at radius 3 is 2.53 bits per heavy atom. The van der Waals surface area contributed by atoms with Crippen molar-refractivity contribution in [1.29, 1.82) is 0 Å². The van der Waals surface area contributed by atoms with Crippen LogP contribution in [0.1, 0.15) is 47.0 Å². The number of hydrogen-bond donors (Lipinski definition) is 0. The van der Waals surface area contributed by atoms with E-state index in [2.05, 4.69) is 31.1 Å². The zero-order valence-corrected chi connectivity index (χ0v) is 11.5. The summed E-state index contributed by atoms with van der Waals surface area (Å²) >= 11 is 0. The number of hydrogen-bond acceptors (Lipinski definition) is 2. The predicted molar refractivity (Wildman–Crippen MR) is 71.6 cm³/mol. The molecule has 0 spiro atoms. The van der Waals surface area contributed by atoms with Gasteiger partial charge in [0.1, 0.15) is 6.10 Å². The molecule has 0 radical (unpaired) electrons. The summed E-state index contributed by atoms with van der Waals surface area (Å²) < 4.78 is 11.1. The second-order valence-corrected chi connectivity index (χ2v) is 3.74. The Morgan fingerprint density at radius 1 is 1.35 bits per heavy atom. The van der Waals surface area contributed by atoms with E-state index in [-0.39, 0.29) is 12.4 Å². The van der Waals surface area contributed by atoms with Crippen molar-refractivity contribution in [1.82, 2.24) is 0 Å². The van der Waals surface area contributed by atoms with Gasteiger partial charge in [0.05, 0.1) is 0 Å². The zero-order valence-electron chi connectivity index (χ0n) is 11.5. The molecule has 0 aliphatic rings. The van der Waals surface area contributed by atoms with Crippen LogP contribution >= 0.6 is 0 Å². The first-order valence-corrected chi connectivity index (χ1v) is 6.27. The summed E-state index contributed by atoms with van der Waals surface area (Å²) in [4.78, 5) is 0. The molecule has 0 bridgehead atoms. The van der Waals surface area contributed by atoms with E-state index in [1.54, 1.807) is 0 Å². The Bertz CT molecular complexity index is 303. The molecule has 1 unspecified atom stereocenters. The number of ether oxygens (including phenoxy) is 2. The minimum Gasteiger partial charge on any atom is -0.353 e. The molecule has 2 atom stereocenters. The third kappa shape index (κ3) is 7.02. The molecule has 0 N–H and O–H groups in total. The average Bonchev–Trinajstić information content (AvgIpc) is 2.30. The lowest BCUT2D eigenvalue weighted by molar-refractivity contribution is -0.136. The highest BCUT2D eigenvalue weighted by atomic mass is 16.7. The molecule has 0 aliphatic carbocycles. The largest absolute Gasteiger partial charge is 0.353 e. The first-order chi connectivity index (χ1) is 8.19. The quantitative estimate of drug-likeness (QED) is 0.363. The van der Waals surface area contributed by atoms with Gasteiger partial charge < -0.3 is 9.47 Å². The van der Waals surface area contributed by atoms with Gasteiger partial charge in [0.2, 0.25) is 0 Å². The molecule has 0 heterocycles. The average molecular weight is 236 g/mol. The van der Waals surface area contributed by atoms with Gasteiger partial charge in [-0.15, -0.1) is 11.7 Å². The Labute approximate surface area is 106 Å². The van der Waals surface area contributed by atoms with Crippen LogP contribution in [0.15, 0.2) is 17.9 Å². The third-order valence-electron chi connectivity index (χ3n) is 2.35. The third-order valence-corrected chi connectivity index (χ3v) is 2.35. The summed E-state index contributed by atoms with van der Waals surface area (Å²) in [5, 5.41) is 0. The van der Waals surface area contributed by atoms with Crippen LogP contribution in [0.5, 0.6) is 0 Å². The summed E-state index contributed by atoms with van der Waals surface area (Å²) in [6, 6.07) is 0. The van der Waals surface area contributed by atoms with Crippen LogP contribution in [-0.4, -0.2) is 19.0 Å². The fraction of sp³-hybridized carbons (Fsp3) is 0.667. The summed E-state index contributed by atoms with van der Waals surface area (Å²) in [5.41, 5.74) is 3.97. The van der Waals surface area contributed by atoms with Crippen molar-refractivity contribution in [2.75, 3.05) is 6.61 Å². The van der Waals surface area contributed by atoms with Crippen LogP contribution < -0.4 is 0 Å². The zero-order chi connectivity index (χ0) is 13.1. The fourth-order valence-corrected chi connectivity index (χ4v) is 1.48. The normalized spacial score (nSPS) is 13.2. The highest BCUT2D eigenvalue weighted by molar-refractivity contribution is 5.20. The van der Waals surface area contributed by atoms with E-state index in [4.69, 9.17) is 9.47 Å². The van der Waals surface area contributed by atoms with Gasteiger partial charge in [0.15, 0.2) is 6.29 Å². The van der Waals surface area contributed by atoms with Crippen LogP contribution in [-0.2, 0) is 9.47 Å².